The molecule has 0 bridgehead atoms. The lowest BCUT2D eigenvalue weighted by Crippen LogP contribution is -2.35. The molecule has 3 atom stereocenters. The summed E-state index contributed by atoms with van der Waals surface area (Å²) >= 11 is 0. The Morgan fingerprint density at radius 3 is 2.82 bits per heavy atom. The van der Waals surface area contributed by atoms with Crippen LogP contribution in [-0.4, -0.2) is 11.0 Å². The smallest absolute Gasteiger partial charge is 0.140 e. The Morgan fingerprint density at radius 1 is 1.35 bits per heavy atom. The van der Waals surface area contributed by atoms with Crippen LogP contribution in [0.15, 0.2) is 18.3 Å². The molecule has 3 heteroatoms. The van der Waals surface area contributed by atoms with Crippen LogP contribution in [0.4, 0.5) is 5.69 Å². The van der Waals surface area contributed by atoms with E-state index in [0.29, 0.717) is 17.7 Å². The van der Waals surface area contributed by atoms with Gasteiger partial charge in [0.05, 0.1) is 11.9 Å². The Morgan fingerprint density at radius 2 is 2.18 bits per heavy atom. The second-order valence-electron chi connectivity index (χ2n) is 5.06. The molecule has 0 aromatic carbocycles. The van der Waals surface area contributed by atoms with Crippen LogP contribution in [0.5, 0.6) is 0 Å². The molecular weight excluding hydrogens is 210 g/mol. The van der Waals surface area contributed by atoms with Gasteiger partial charge in [0.1, 0.15) is 11.8 Å². The minimum atomic E-state index is 0.473. The molecule has 0 saturated heterocycles. The highest BCUT2D eigenvalue weighted by Crippen LogP contribution is 2.31. The van der Waals surface area contributed by atoms with Crippen molar-refractivity contribution < 1.29 is 0 Å². The number of hydrogen-bond acceptors (Lipinski definition) is 3. The molecule has 1 saturated carbocycles. The average molecular weight is 229 g/mol. The Hall–Kier alpha value is -1.56. The number of nitrogens with zero attached hydrogens (tertiary/aromatic N) is 2. The molecule has 1 aliphatic carbocycles. The van der Waals surface area contributed by atoms with E-state index in [0.717, 1.165) is 11.6 Å². The predicted octanol–water partition coefficient (Wildman–Crippen LogP) is 3.19. The van der Waals surface area contributed by atoms with Crippen molar-refractivity contribution in [2.24, 2.45) is 11.8 Å². The zero-order valence-electron chi connectivity index (χ0n) is 10.5. The monoisotopic (exact) mass is 229 g/mol. The fourth-order valence-corrected chi connectivity index (χ4v) is 2.55. The maximum absolute atomic E-state index is 8.69. The van der Waals surface area contributed by atoms with Gasteiger partial charge in [-0.05, 0) is 30.4 Å². The first-order valence-corrected chi connectivity index (χ1v) is 6.33. The first kappa shape index (κ1) is 11.9. The predicted molar refractivity (Wildman–Crippen MR) is 68.5 cm³/mol. The number of aromatic nitrogens is 1. The van der Waals surface area contributed by atoms with E-state index in [-0.39, 0.29) is 0 Å². The van der Waals surface area contributed by atoms with Crippen molar-refractivity contribution >= 4 is 5.69 Å². The molecule has 17 heavy (non-hydrogen) atoms. The molecular formula is C14H19N3. The van der Waals surface area contributed by atoms with E-state index in [4.69, 9.17) is 5.26 Å². The summed E-state index contributed by atoms with van der Waals surface area (Å²) < 4.78 is 0. The van der Waals surface area contributed by atoms with Gasteiger partial charge in [-0.15, -0.1) is 0 Å². The molecule has 0 aliphatic heterocycles. The molecule has 1 fully saturated rings. The molecule has 1 aromatic rings. The first-order chi connectivity index (χ1) is 8.20. The highest BCUT2D eigenvalue weighted by molar-refractivity contribution is 5.43. The maximum Gasteiger partial charge on any atom is 0.140 e. The molecule has 1 aromatic heterocycles. The number of anilines is 1. The van der Waals surface area contributed by atoms with E-state index in [1.54, 1.807) is 12.3 Å². The zero-order valence-corrected chi connectivity index (χ0v) is 10.5. The minimum Gasteiger partial charge on any atom is -0.381 e. The van der Waals surface area contributed by atoms with Gasteiger partial charge in [-0.2, -0.15) is 5.26 Å². The summed E-state index contributed by atoms with van der Waals surface area (Å²) in [5, 5.41) is 12.2. The minimum absolute atomic E-state index is 0.473. The number of hydrogen-bond donors (Lipinski definition) is 1. The van der Waals surface area contributed by atoms with E-state index < -0.39 is 0 Å². The van der Waals surface area contributed by atoms with Crippen LogP contribution in [0.25, 0.3) is 0 Å². The van der Waals surface area contributed by atoms with Crippen molar-refractivity contribution in [2.45, 2.75) is 39.2 Å². The van der Waals surface area contributed by atoms with Crippen molar-refractivity contribution in [3.8, 4) is 6.07 Å². The quantitative estimate of drug-likeness (QED) is 0.847. The lowest BCUT2D eigenvalue weighted by Gasteiger charge is -2.35. The van der Waals surface area contributed by atoms with Gasteiger partial charge in [-0.1, -0.05) is 26.7 Å². The van der Waals surface area contributed by atoms with Gasteiger partial charge < -0.3 is 5.32 Å². The fourth-order valence-electron chi connectivity index (χ4n) is 2.55. The molecule has 1 aliphatic rings. The molecule has 3 nitrogen and oxygen atoms in total. The Kier molecular flexibility index (Phi) is 3.63. The number of nitrogens with one attached hydrogen (secondary N) is 1. The largest absolute Gasteiger partial charge is 0.381 e. The van der Waals surface area contributed by atoms with E-state index in [9.17, 15) is 0 Å². The van der Waals surface area contributed by atoms with E-state index >= 15 is 0 Å². The van der Waals surface area contributed by atoms with Crippen LogP contribution in [-0.2, 0) is 0 Å². The Bertz CT molecular complexity index is 404. The molecule has 0 radical (unpaired) electrons. The van der Waals surface area contributed by atoms with Crippen LogP contribution in [0.2, 0.25) is 0 Å². The average Bonchev–Trinajstić information content (AvgIpc) is 2.36. The van der Waals surface area contributed by atoms with Crippen LogP contribution in [0.3, 0.4) is 0 Å². The van der Waals surface area contributed by atoms with Crippen molar-refractivity contribution in [2.75, 3.05) is 5.32 Å². The van der Waals surface area contributed by atoms with Crippen molar-refractivity contribution in [1.29, 1.82) is 5.26 Å². The van der Waals surface area contributed by atoms with Gasteiger partial charge in [0.25, 0.3) is 0 Å². The summed E-state index contributed by atoms with van der Waals surface area (Å²) in [7, 11) is 0. The normalized spacial score (nSPS) is 28.4. The number of rotatable bonds is 2. The maximum atomic E-state index is 8.69. The van der Waals surface area contributed by atoms with Crippen LogP contribution in [0.1, 0.15) is 38.8 Å². The Labute approximate surface area is 103 Å². The zero-order chi connectivity index (χ0) is 12.3. The van der Waals surface area contributed by atoms with Gasteiger partial charge in [-0.25, -0.2) is 4.98 Å². The van der Waals surface area contributed by atoms with Gasteiger partial charge >= 0.3 is 0 Å². The van der Waals surface area contributed by atoms with Crippen molar-refractivity contribution in [3.63, 3.8) is 0 Å². The molecule has 1 heterocycles. The summed E-state index contributed by atoms with van der Waals surface area (Å²) in [5.74, 6) is 1.48. The molecule has 2 rings (SSSR count). The van der Waals surface area contributed by atoms with Crippen LogP contribution in [0, 0.1) is 23.2 Å². The lowest BCUT2D eigenvalue weighted by molar-refractivity contribution is 0.253. The molecule has 0 amide bonds. The molecule has 1 N–H and O–H groups in total. The summed E-state index contributed by atoms with van der Waals surface area (Å²) in [5.41, 5.74) is 1.50. The summed E-state index contributed by atoms with van der Waals surface area (Å²) in [4.78, 5) is 4.08. The standard InChI is InChI=1S/C14H19N3/c1-10-4-3-5-14(11(10)2)17-13-7-6-12(8-15)16-9-13/h6-7,9-11,14,17H,3-5H2,1-2H3. The molecule has 3 unspecified atom stereocenters. The van der Waals surface area contributed by atoms with Gasteiger partial charge in [0.15, 0.2) is 0 Å². The lowest BCUT2D eigenvalue weighted by atomic mass is 9.78. The summed E-state index contributed by atoms with van der Waals surface area (Å²) in [6.45, 7) is 4.65. The van der Waals surface area contributed by atoms with Crippen LogP contribution < -0.4 is 5.32 Å². The van der Waals surface area contributed by atoms with Crippen molar-refractivity contribution in [1.82, 2.24) is 4.98 Å². The highest BCUT2D eigenvalue weighted by atomic mass is 14.9. The molecule has 0 spiro atoms. The number of pyridine rings is 1. The second kappa shape index (κ2) is 5.18. The van der Waals surface area contributed by atoms with Gasteiger partial charge in [0.2, 0.25) is 0 Å². The van der Waals surface area contributed by atoms with Crippen LogP contribution >= 0.6 is 0 Å². The fraction of sp³-hybridized carbons (Fsp3) is 0.571. The highest BCUT2D eigenvalue weighted by Gasteiger charge is 2.26. The van der Waals surface area contributed by atoms with E-state index in [2.05, 4.69) is 24.1 Å². The SMILES string of the molecule is CC1CCCC(Nc2ccc(C#N)nc2)C1C. The summed E-state index contributed by atoms with van der Waals surface area (Å²) in [6.07, 6.45) is 5.62. The Balaban J connectivity index is 2.02. The summed E-state index contributed by atoms with van der Waals surface area (Å²) in [6, 6.07) is 6.28. The van der Waals surface area contributed by atoms with E-state index in [1.807, 2.05) is 12.1 Å². The number of nitriles is 1. The van der Waals surface area contributed by atoms with E-state index in [1.165, 1.54) is 19.3 Å². The topological polar surface area (TPSA) is 48.7 Å². The third-order valence-corrected chi connectivity index (χ3v) is 3.94. The second-order valence-corrected chi connectivity index (χ2v) is 5.06. The third kappa shape index (κ3) is 2.76. The third-order valence-electron chi connectivity index (χ3n) is 3.94. The van der Waals surface area contributed by atoms with Gasteiger partial charge in [0, 0.05) is 6.04 Å². The van der Waals surface area contributed by atoms with Crippen molar-refractivity contribution in [3.05, 3.63) is 24.0 Å². The first-order valence-electron chi connectivity index (χ1n) is 6.33. The van der Waals surface area contributed by atoms with Gasteiger partial charge in [-0.3, -0.25) is 0 Å². The molecule has 90 valence electrons.